The molecule has 0 aliphatic carbocycles. The van der Waals surface area contributed by atoms with Crippen LogP contribution in [0.1, 0.15) is 34.7 Å². The summed E-state index contributed by atoms with van der Waals surface area (Å²) in [5, 5.41) is 15.0. The number of allylic oxidation sites excluding steroid dienone is 1. The summed E-state index contributed by atoms with van der Waals surface area (Å²) >= 11 is 7.07. The van der Waals surface area contributed by atoms with Crippen molar-refractivity contribution in [2.24, 2.45) is 0 Å². The Morgan fingerprint density at radius 1 is 1.24 bits per heavy atom. The van der Waals surface area contributed by atoms with Crippen LogP contribution in [0.25, 0.3) is 0 Å². The number of nitrogens with zero attached hydrogens (tertiary/aromatic N) is 3. The fraction of sp³-hybridized carbons (Fsp3) is 0.217. The lowest BCUT2D eigenvalue weighted by Gasteiger charge is -2.15. The summed E-state index contributed by atoms with van der Waals surface area (Å²) in [7, 11) is 0. The van der Waals surface area contributed by atoms with Gasteiger partial charge in [-0.15, -0.1) is 16.8 Å². The maximum Gasteiger partial charge on any atom is 0.251 e. The van der Waals surface area contributed by atoms with Crippen molar-refractivity contribution in [3.63, 3.8) is 0 Å². The van der Waals surface area contributed by atoms with E-state index in [1.54, 1.807) is 54.8 Å². The summed E-state index contributed by atoms with van der Waals surface area (Å²) in [6, 6.07) is 10.3. The lowest BCUT2D eigenvalue weighted by molar-refractivity contribution is -0.113. The van der Waals surface area contributed by atoms with Gasteiger partial charge in [0.05, 0.1) is 11.8 Å². The quantitative estimate of drug-likeness (QED) is 0.335. The van der Waals surface area contributed by atoms with Gasteiger partial charge in [-0.3, -0.25) is 9.59 Å². The van der Waals surface area contributed by atoms with Crippen molar-refractivity contribution in [3.8, 4) is 0 Å². The molecular weight excluding hydrogens is 465 g/mol. The van der Waals surface area contributed by atoms with Crippen LogP contribution < -0.4 is 10.6 Å². The van der Waals surface area contributed by atoms with E-state index in [9.17, 15) is 14.0 Å². The van der Waals surface area contributed by atoms with Crippen molar-refractivity contribution in [3.05, 3.63) is 82.9 Å². The third-order valence-electron chi connectivity index (χ3n) is 4.70. The summed E-state index contributed by atoms with van der Waals surface area (Å²) in [5.41, 5.74) is 1.66. The van der Waals surface area contributed by atoms with E-state index in [4.69, 9.17) is 11.6 Å². The molecule has 10 heteroatoms. The van der Waals surface area contributed by atoms with Crippen LogP contribution in [0.3, 0.4) is 0 Å². The van der Waals surface area contributed by atoms with Gasteiger partial charge in [0, 0.05) is 22.8 Å². The van der Waals surface area contributed by atoms with Crippen molar-refractivity contribution in [1.29, 1.82) is 0 Å². The molecule has 2 amide bonds. The van der Waals surface area contributed by atoms with Crippen LogP contribution in [-0.2, 0) is 11.3 Å². The fourth-order valence-corrected chi connectivity index (χ4v) is 3.90. The Morgan fingerprint density at radius 3 is 2.67 bits per heavy atom. The van der Waals surface area contributed by atoms with Crippen molar-refractivity contribution in [1.82, 2.24) is 20.1 Å². The van der Waals surface area contributed by atoms with Crippen molar-refractivity contribution < 1.29 is 14.0 Å². The van der Waals surface area contributed by atoms with E-state index < -0.39 is 11.9 Å². The second-order valence-corrected chi connectivity index (χ2v) is 8.62. The van der Waals surface area contributed by atoms with Crippen LogP contribution in [0.15, 0.2) is 60.3 Å². The number of amides is 2. The SMILES string of the molecule is C=CCn1c(SCC(=O)Nc2cc(F)ccc2C)nnc1[C@H](C)NC(=O)c1ccc(Cl)cc1. The molecule has 0 unspecified atom stereocenters. The van der Waals surface area contributed by atoms with Crippen LogP contribution in [0.4, 0.5) is 10.1 Å². The molecule has 1 aromatic heterocycles. The zero-order valence-corrected chi connectivity index (χ0v) is 19.7. The number of hydrogen-bond donors (Lipinski definition) is 2. The zero-order valence-electron chi connectivity index (χ0n) is 18.1. The molecule has 2 N–H and O–H groups in total. The number of carbonyl (C=O) groups excluding carboxylic acids is 2. The zero-order chi connectivity index (χ0) is 24.0. The molecule has 2 aromatic carbocycles. The predicted octanol–water partition coefficient (Wildman–Crippen LogP) is 4.79. The number of nitrogens with one attached hydrogen (secondary N) is 2. The molecule has 3 rings (SSSR count). The van der Waals surface area contributed by atoms with Gasteiger partial charge in [0.15, 0.2) is 11.0 Å². The first kappa shape index (κ1) is 24.5. The van der Waals surface area contributed by atoms with E-state index in [2.05, 4.69) is 27.4 Å². The van der Waals surface area contributed by atoms with Crippen LogP contribution >= 0.6 is 23.4 Å². The van der Waals surface area contributed by atoms with Gasteiger partial charge < -0.3 is 15.2 Å². The lowest BCUT2D eigenvalue weighted by atomic mass is 10.2. The Kier molecular flexibility index (Phi) is 8.24. The molecule has 0 aliphatic rings. The molecule has 0 radical (unpaired) electrons. The van der Waals surface area contributed by atoms with Crippen molar-refractivity contribution in [2.75, 3.05) is 11.1 Å². The number of hydrogen-bond acceptors (Lipinski definition) is 5. The van der Waals surface area contributed by atoms with Crippen LogP contribution in [0.2, 0.25) is 5.02 Å². The molecule has 0 spiro atoms. The summed E-state index contributed by atoms with van der Waals surface area (Å²) < 4.78 is 15.2. The smallest absolute Gasteiger partial charge is 0.251 e. The highest BCUT2D eigenvalue weighted by atomic mass is 35.5. The van der Waals surface area contributed by atoms with Gasteiger partial charge in [-0.05, 0) is 55.8 Å². The van der Waals surface area contributed by atoms with Gasteiger partial charge in [0.25, 0.3) is 5.91 Å². The molecule has 0 bridgehead atoms. The Morgan fingerprint density at radius 2 is 1.97 bits per heavy atom. The molecule has 3 aromatic rings. The van der Waals surface area contributed by atoms with E-state index in [0.717, 1.165) is 5.56 Å². The van der Waals surface area contributed by atoms with Crippen LogP contribution in [0.5, 0.6) is 0 Å². The van der Waals surface area contributed by atoms with E-state index in [1.807, 2.05) is 0 Å². The van der Waals surface area contributed by atoms with Crippen LogP contribution in [0, 0.1) is 12.7 Å². The number of rotatable bonds is 9. The Bertz CT molecular complexity index is 1170. The Balaban J connectivity index is 1.67. The number of thioether (sulfide) groups is 1. The number of benzene rings is 2. The van der Waals surface area contributed by atoms with Crippen LogP contribution in [-0.4, -0.2) is 32.3 Å². The third-order valence-corrected chi connectivity index (χ3v) is 5.92. The number of carbonyl (C=O) groups is 2. The van der Waals surface area contributed by atoms with Crippen molar-refractivity contribution >= 4 is 40.9 Å². The van der Waals surface area contributed by atoms with E-state index in [0.29, 0.717) is 33.8 Å². The highest BCUT2D eigenvalue weighted by Crippen LogP contribution is 2.22. The molecular formula is C23H23ClFN5O2S. The molecule has 1 atom stereocenters. The third kappa shape index (κ3) is 6.43. The summed E-state index contributed by atoms with van der Waals surface area (Å²) in [6.45, 7) is 7.75. The topological polar surface area (TPSA) is 88.9 Å². The number of aromatic nitrogens is 3. The number of aryl methyl sites for hydroxylation is 1. The van der Waals surface area contributed by atoms with E-state index >= 15 is 0 Å². The molecule has 0 saturated carbocycles. The predicted molar refractivity (Wildman–Crippen MR) is 128 cm³/mol. The first-order valence-corrected chi connectivity index (χ1v) is 11.4. The molecule has 0 aliphatic heterocycles. The number of halogens is 2. The average molecular weight is 488 g/mol. The highest BCUT2D eigenvalue weighted by Gasteiger charge is 2.20. The maximum atomic E-state index is 13.5. The Hall–Kier alpha value is -3.17. The minimum atomic E-state index is -0.446. The standard InChI is InChI=1S/C23H23ClFN5O2S/c1-4-11-30-21(15(3)26-22(32)16-6-8-17(24)9-7-16)28-29-23(30)33-13-20(31)27-19-12-18(25)10-5-14(19)2/h4-10,12,15H,1,11,13H2,2-3H3,(H,26,32)(H,27,31)/t15-/m0/s1. The highest BCUT2D eigenvalue weighted by molar-refractivity contribution is 7.99. The van der Waals surface area contributed by atoms with Gasteiger partial charge in [-0.25, -0.2) is 4.39 Å². The monoisotopic (exact) mass is 487 g/mol. The molecule has 33 heavy (non-hydrogen) atoms. The fourth-order valence-electron chi connectivity index (χ4n) is 3.02. The molecule has 0 saturated heterocycles. The molecule has 1 heterocycles. The van der Waals surface area contributed by atoms with Gasteiger partial charge in [0.2, 0.25) is 5.91 Å². The second-order valence-electron chi connectivity index (χ2n) is 7.24. The lowest BCUT2D eigenvalue weighted by Crippen LogP contribution is -2.28. The summed E-state index contributed by atoms with van der Waals surface area (Å²) in [6.07, 6.45) is 1.68. The average Bonchev–Trinajstić information content (AvgIpc) is 3.18. The first-order valence-electron chi connectivity index (χ1n) is 10.1. The maximum absolute atomic E-state index is 13.5. The largest absolute Gasteiger partial charge is 0.342 e. The summed E-state index contributed by atoms with van der Waals surface area (Å²) in [4.78, 5) is 24.9. The second kappa shape index (κ2) is 11.1. The van der Waals surface area contributed by atoms with E-state index in [-0.39, 0.29) is 17.6 Å². The first-order chi connectivity index (χ1) is 15.8. The van der Waals surface area contributed by atoms with Gasteiger partial charge in [0.1, 0.15) is 5.82 Å². The van der Waals surface area contributed by atoms with Gasteiger partial charge in [-0.2, -0.15) is 0 Å². The van der Waals surface area contributed by atoms with Gasteiger partial charge >= 0.3 is 0 Å². The Labute approximate surface area is 200 Å². The normalized spacial score (nSPS) is 11.6. The van der Waals surface area contributed by atoms with Crippen molar-refractivity contribution in [2.45, 2.75) is 31.6 Å². The molecule has 7 nitrogen and oxygen atoms in total. The van der Waals surface area contributed by atoms with Gasteiger partial charge in [-0.1, -0.05) is 35.5 Å². The molecule has 0 fully saturated rings. The molecule has 172 valence electrons. The minimum Gasteiger partial charge on any atom is -0.342 e. The summed E-state index contributed by atoms with van der Waals surface area (Å²) in [5.74, 6) is -0.412. The number of anilines is 1. The van der Waals surface area contributed by atoms with E-state index in [1.165, 1.54) is 23.9 Å². The minimum absolute atomic E-state index is 0.0523.